The molecular weight excluding hydrogens is 168 g/mol. The van der Waals surface area contributed by atoms with E-state index in [9.17, 15) is 4.79 Å². The highest BCUT2D eigenvalue weighted by molar-refractivity contribution is 5.83. The smallest absolute Gasteiger partial charge is 0.254 e. The summed E-state index contributed by atoms with van der Waals surface area (Å²) in [6.45, 7) is 0.615. The maximum atomic E-state index is 10.8. The van der Waals surface area contributed by atoms with Crippen molar-refractivity contribution in [1.82, 2.24) is 10.3 Å². The van der Waals surface area contributed by atoms with E-state index in [4.69, 9.17) is 5.73 Å². The zero-order valence-electron chi connectivity index (χ0n) is 6.95. The van der Waals surface area contributed by atoms with Gasteiger partial charge in [0.15, 0.2) is 6.17 Å². The molecule has 5 heteroatoms. The first-order valence-electron chi connectivity index (χ1n) is 3.99. The standard InChI is InChI=1S/C8H10N4O/c9-7(13)8-11-4-5-3-10-2-1-6(5)12-8/h1-3,8,11-12H,4H2,(H2,9,13). The van der Waals surface area contributed by atoms with Gasteiger partial charge >= 0.3 is 0 Å². The third-order valence-electron chi connectivity index (χ3n) is 1.98. The zero-order chi connectivity index (χ0) is 9.26. The van der Waals surface area contributed by atoms with E-state index in [1.807, 2.05) is 6.07 Å². The highest BCUT2D eigenvalue weighted by atomic mass is 16.1. The summed E-state index contributed by atoms with van der Waals surface area (Å²) in [7, 11) is 0. The Bertz CT molecular complexity index is 339. The number of carbonyl (C=O) groups is 1. The molecule has 0 saturated heterocycles. The molecule has 1 aromatic heterocycles. The molecule has 5 nitrogen and oxygen atoms in total. The van der Waals surface area contributed by atoms with Crippen molar-refractivity contribution >= 4 is 11.6 Å². The van der Waals surface area contributed by atoms with E-state index >= 15 is 0 Å². The number of pyridine rings is 1. The van der Waals surface area contributed by atoms with Gasteiger partial charge in [0.2, 0.25) is 0 Å². The van der Waals surface area contributed by atoms with Crippen LogP contribution >= 0.6 is 0 Å². The predicted octanol–water partition coefficient (Wildman–Crippen LogP) is -0.592. The summed E-state index contributed by atoms with van der Waals surface area (Å²) in [4.78, 5) is 14.8. The van der Waals surface area contributed by atoms with Gasteiger partial charge in [0.05, 0.1) is 0 Å². The Labute approximate surface area is 75.3 Å². The van der Waals surface area contributed by atoms with Crippen LogP contribution in [-0.4, -0.2) is 17.1 Å². The number of nitrogens with zero attached hydrogens (tertiary/aromatic N) is 1. The van der Waals surface area contributed by atoms with Crippen LogP contribution in [0.25, 0.3) is 0 Å². The molecule has 1 amide bonds. The molecule has 0 aliphatic carbocycles. The largest absolute Gasteiger partial charge is 0.367 e. The fraction of sp³-hybridized carbons (Fsp3) is 0.250. The van der Waals surface area contributed by atoms with Crippen molar-refractivity contribution in [2.45, 2.75) is 12.7 Å². The number of nitrogens with one attached hydrogen (secondary N) is 2. The van der Waals surface area contributed by atoms with Crippen molar-refractivity contribution < 1.29 is 4.79 Å². The second-order valence-corrected chi connectivity index (χ2v) is 2.89. The van der Waals surface area contributed by atoms with Gasteiger partial charge in [-0.1, -0.05) is 0 Å². The average molecular weight is 178 g/mol. The predicted molar refractivity (Wildman–Crippen MR) is 47.7 cm³/mol. The first-order valence-corrected chi connectivity index (χ1v) is 3.99. The number of rotatable bonds is 1. The van der Waals surface area contributed by atoms with Crippen LogP contribution in [-0.2, 0) is 11.3 Å². The summed E-state index contributed by atoms with van der Waals surface area (Å²) < 4.78 is 0. The molecular formula is C8H10N4O. The molecule has 13 heavy (non-hydrogen) atoms. The summed E-state index contributed by atoms with van der Waals surface area (Å²) in [5, 5.41) is 5.92. The van der Waals surface area contributed by atoms with E-state index in [0.29, 0.717) is 6.54 Å². The molecule has 0 bridgehead atoms. The quantitative estimate of drug-likeness (QED) is 0.537. The Morgan fingerprint density at radius 2 is 2.54 bits per heavy atom. The summed E-state index contributed by atoms with van der Waals surface area (Å²) in [5.74, 6) is -0.400. The number of aromatic nitrogens is 1. The van der Waals surface area contributed by atoms with Crippen LogP contribution in [0, 0.1) is 0 Å². The molecule has 0 saturated carbocycles. The lowest BCUT2D eigenvalue weighted by Gasteiger charge is -2.25. The first-order chi connectivity index (χ1) is 6.27. The number of nitrogens with two attached hydrogens (primary N) is 1. The number of hydrogen-bond donors (Lipinski definition) is 3. The minimum atomic E-state index is -0.477. The molecule has 2 heterocycles. The van der Waals surface area contributed by atoms with Crippen molar-refractivity contribution in [3.8, 4) is 0 Å². The fourth-order valence-corrected chi connectivity index (χ4v) is 1.30. The SMILES string of the molecule is NC(=O)C1NCc2cnccc2N1. The lowest BCUT2D eigenvalue weighted by molar-refractivity contribution is -0.119. The number of carbonyl (C=O) groups excluding carboxylic acids is 1. The molecule has 1 aliphatic heterocycles. The summed E-state index contributed by atoms with van der Waals surface area (Å²) in [5.41, 5.74) is 7.10. The monoisotopic (exact) mass is 178 g/mol. The molecule has 1 aliphatic rings. The number of primary amides is 1. The van der Waals surface area contributed by atoms with Crippen molar-refractivity contribution in [3.63, 3.8) is 0 Å². The lowest BCUT2D eigenvalue weighted by atomic mass is 10.2. The molecule has 1 aromatic rings. The van der Waals surface area contributed by atoms with Gasteiger partial charge in [0, 0.05) is 30.2 Å². The molecule has 4 N–H and O–H groups in total. The molecule has 68 valence electrons. The second-order valence-electron chi connectivity index (χ2n) is 2.89. The van der Waals surface area contributed by atoms with Gasteiger partial charge in [0.25, 0.3) is 5.91 Å². The van der Waals surface area contributed by atoms with E-state index in [0.717, 1.165) is 11.3 Å². The van der Waals surface area contributed by atoms with Gasteiger partial charge in [-0.3, -0.25) is 15.1 Å². The van der Waals surface area contributed by atoms with Gasteiger partial charge in [-0.15, -0.1) is 0 Å². The van der Waals surface area contributed by atoms with E-state index in [2.05, 4.69) is 15.6 Å². The molecule has 1 unspecified atom stereocenters. The molecule has 0 fully saturated rings. The summed E-state index contributed by atoms with van der Waals surface area (Å²) >= 11 is 0. The number of hydrogen-bond acceptors (Lipinski definition) is 4. The van der Waals surface area contributed by atoms with Gasteiger partial charge in [-0.2, -0.15) is 0 Å². The second kappa shape index (κ2) is 3.02. The van der Waals surface area contributed by atoms with Crippen LogP contribution in [0.4, 0.5) is 5.69 Å². The van der Waals surface area contributed by atoms with Crippen molar-refractivity contribution in [3.05, 3.63) is 24.0 Å². The number of amides is 1. The van der Waals surface area contributed by atoms with Gasteiger partial charge < -0.3 is 11.1 Å². The van der Waals surface area contributed by atoms with Gasteiger partial charge in [0.1, 0.15) is 0 Å². The third-order valence-corrected chi connectivity index (χ3v) is 1.98. The minimum Gasteiger partial charge on any atom is -0.367 e. The first kappa shape index (κ1) is 8.00. The zero-order valence-corrected chi connectivity index (χ0v) is 6.95. The third kappa shape index (κ3) is 1.46. The number of anilines is 1. The van der Waals surface area contributed by atoms with Crippen molar-refractivity contribution in [1.29, 1.82) is 0 Å². The molecule has 2 rings (SSSR count). The lowest BCUT2D eigenvalue weighted by Crippen LogP contribution is -2.49. The Hall–Kier alpha value is -1.62. The Morgan fingerprint density at radius 3 is 3.31 bits per heavy atom. The van der Waals surface area contributed by atoms with E-state index in [-0.39, 0.29) is 0 Å². The highest BCUT2D eigenvalue weighted by Crippen LogP contribution is 2.17. The van der Waals surface area contributed by atoms with Crippen LogP contribution in [0.1, 0.15) is 5.56 Å². The summed E-state index contributed by atoms with van der Waals surface area (Å²) in [6.07, 6.45) is 2.96. The average Bonchev–Trinajstić information content (AvgIpc) is 2.17. The highest BCUT2D eigenvalue weighted by Gasteiger charge is 2.20. The van der Waals surface area contributed by atoms with E-state index in [1.165, 1.54) is 0 Å². The van der Waals surface area contributed by atoms with Crippen molar-refractivity contribution in [2.75, 3.05) is 5.32 Å². The Kier molecular flexibility index (Phi) is 1.86. The van der Waals surface area contributed by atoms with Crippen LogP contribution in [0.2, 0.25) is 0 Å². The van der Waals surface area contributed by atoms with Crippen molar-refractivity contribution in [2.24, 2.45) is 5.73 Å². The molecule has 0 radical (unpaired) electrons. The summed E-state index contributed by atoms with van der Waals surface area (Å²) in [6, 6.07) is 1.83. The fourth-order valence-electron chi connectivity index (χ4n) is 1.30. The van der Waals surface area contributed by atoms with E-state index < -0.39 is 12.1 Å². The maximum absolute atomic E-state index is 10.8. The van der Waals surface area contributed by atoms with Crippen LogP contribution in [0.15, 0.2) is 18.5 Å². The number of fused-ring (bicyclic) bond motifs is 1. The normalized spacial score (nSPS) is 20.2. The minimum absolute atomic E-state index is 0.400. The Morgan fingerprint density at radius 1 is 1.69 bits per heavy atom. The molecule has 0 aromatic carbocycles. The molecule has 0 spiro atoms. The van der Waals surface area contributed by atoms with Crippen LogP contribution in [0.5, 0.6) is 0 Å². The maximum Gasteiger partial charge on any atom is 0.254 e. The van der Waals surface area contributed by atoms with Gasteiger partial charge in [-0.05, 0) is 6.07 Å². The van der Waals surface area contributed by atoms with Crippen LogP contribution < -0.4 is 16.4 Å². The molecule has 1 atom stereocenters. The Balaban J connectivity index is 2.24. The van der Waals surface area contributed by atoms with Gasteiger partial charge in [-0.25, -0.2) is 0 Å². The van der Waals surface area contributed by atoms with Crippen LogP contribution in [0.3, 0.4) is 0 Å². The van der Waals surface area contributed by atoms with E-state index in [1.54, 1.807) is 12.4 Å². The topological polar surface area (TPSA) is 80.0 Å².